The molecule has 0 unspecified atom stereocenters. The van der Waals surface area contributed by atoms with Gasteiger partial charge in [0.1, 0.15) is 0 Å². The Morgan fingerprint density at radius 2 is 2.41 bits per heavy atom. The van der Waals surface area contributed by atoms with E-state index in [1.807, 2.05) is 0 Å². The van der Waals surface area contributed by atoms with E-state index < -0.39 is 0 Å². The lowest BCUT2D eigenvalue weighted by molar-refractivity contribution is 0.166. The SMILES string of the molecule is O=C(Nc1cccc(Cl)c1)N1CCC[C@@H]1CO. The van der Waals surface area contributed by atoms with Crippen LogP contribution >= 0.6 is 11.6 Å². The smallest absolute Gasteiger partial charge is 0.322 e. The van der Waals surface area contributed by atoms with E-state index in [0.717, 1.165) is 12.8 Å². The molecular formula is C12H15ClN2O2. The summed E-state index contributed by atoms with van der Waals surface area (Å²) >= 11 is 5.84. The van der Waals surface area contributed by atoms with Gasteiger partial charge in [-0.05, 0) is 31.0 Å². The quantitative estimate of drug-likeness (QED) is 0.851. The second-order valence-electron chi connectivity index (χ2n) is 4.11. The fraction of sp³-hybridized carbons (Fsp3) is 0.417. The molecular weight excluding hydrogens is 240 g/mol. The van der Waals surface area contributed by atoms with E-state index in [1.165, 1.54) is 0 Å². The maximum atomic E-state index is 12.0. The summed E-state index contributed by atoms with van der Waals surface area (Å²) in [6.45, 7) is 0.709. The molecule has 0 bridgehead atoms. The summed E-state index contributed by atoms with van der Waals surface area (Å²) in [4.78, 5) is 13.6. The maximum absolute atomic E-state index is 12.0. The predicted octanol–water partition coefficient (Wildman–Crippen LogP) is 2.33. The lowest BCUT2D eigenvalue weighted by atomic mass is 10.2. The van der Waals surface area contributed by atoms with Crippen molar-refractivity contribution >= 4 is 23.3 Å². The van der Waals surface area contributed by atoms with Gasteiger partial charge in [-0.15, -0.1) is 0 Å². The first kappa shape index (κ1) is 12.2. The van der Waals surface area contributed by atoms with E-state index in [-0.39, 0.29) is 18.7 Å². The number of likely N-dealkylation sites (tertiary alicyclic amines) is 1. The number of aliphatic hydroxyl groups excluding tert-OH is 1. The Morgan fingerprint density at radius 3 is 3.12 bits per heavy atom. The molecule has 17 heavy (non-hydrogen) atoms. The molecule has 0 spiro atoms. The van der Waals surface area contributed by atoms with Crippen molar-refractivity contribution in [3.63, 3.8) is 0 Å². The molecule has 1 atom stereocenters. The van der Waals surface area contributed by atoms with Crippen LogP contribution in [-0.2, 0) is 0 Å². The van der Waals surface area contributed by atoms with E-state index in [0.29, 0.717) is 17.3 Å². The van der Waals surface area contributed by atoms with Gasteiger partial charge in [0.05, 0.1) is 12.6 Å². The van der Waals surface area contributed by atoms with E-state index in [2.05, 4.69) is 5.32 Å². The van der Waals surface area contributed by atoms with Crippen molar-refractivity contribution < 1.29 is 9.90 Å². The minimum absolute atomic E-state index is 0.0168. The van der Waals surface area contributed by atoms with E-state index in [9.17, 15) is 4.79 Å². The highest BCUT2D eigenvalue weighted by Crippen LogP contribution is 2.20. The minimum atomic E-state index is -0.177. The third kappa shape index (κ3) is 2.90. The second-order valence-corrected chi connectivity index (χ2v) is 4.55. The van der Waals surface area contributed by atoms with Gasteiger partial charge in [-0.1, -0.05) is 17.7 Å². The summed E-state index contributed by atoms with van der Waals surface area (Å²) in [5.41, 5.74) is 0.672. The number of hydrogen-bond acceptors (Lipinski definition) is 2. The Kier molecular flexibility index (Phi) is 3.86. The number of nitrogens with zero attached hydrogens (tertiary/aromatic N) is 1. The van der Waals surface area contributed by atoms with E-state index in [4.69, 9.17) is 16.7 Å². The number of urea groups is 1. The van der Waals surface area contributed by atoms with Crippen LogP contribution in [0.4, 0.5) is 10.5 Å². The molecule has 1 heterocycles. The first-order valence-corrected chi connectivity index (χ1v) is 6.02. The van der Waals surface area contributed by atoms with Gasteiger partial charge in [-0.2, -0.15) is 0 Å². The van der Waals surface area contributed by atoms with Crippen molar-refractivity contribution in [3.05, 3.63) is 29.3 Å². The van der Waals surface area contributed by atoms with Crippen LogP contribution in [0.3, 0.4) is 0 Å². The summed E-state index contributed by atoms with van der Waals surface area (Å²) in [6.07, 6.45) is 1.80. The summed E-state index contributed by atoms with van der Waals surface area (Å²) < 4.78 is 0. The topological polar surface area (TPSA) is 52.6 Å². The Balaban J connectivity index is 2.01. The molecule has 2 N–H and O–H groups in total. The van der Waals surface area contributed by atoms with E-state index in [1.54, 1.807) is 29.2 Å². The molecule has 1 saturated heterocycles. The van der Waals surface area contributed by atoms with Crippen molar-refractivity contribution in [1.29, 1.82) is 0 Å². The van der Waals surface area contributed by atoms with Crippen LogP contribution in [0, 0.1) is 0 Å². The van der Waals surface area contributed by atoms with Gasteiger partial charge in [0.25, 0.3) is 0 Å². The molecule has 1 aromatic carbocycles. The number of amides is 2. The van der Waals surface area contributed by atoms with Gasteiger partial charge in [0, 0.05) is 17.3 Å². The van der Waals surface area contributed by atoms with Crippen molar-refractivity contribution in [1.82, 2.24) is 4.90 Å². The van der Waals surface area contributed by atoms with Crippen LogP contribution < -0.4 is 5.32 Å². The Morgan fingerprint density at radius 1 is 1.59 bits per heavy atom. The van der Waals surface area contributed by atoms with Crippen LogP contribution in [-0.4, -0.2) is 35.2 Å². The zero-order valence-corrected chi connectivity index (χ0v) is 10.2. The zero-order chi connectivity index (χ0) is 12.3. The Hall–Kier alpha value is -1.26. The molecule has 2 amide bonds. The highest BCUT2D eigenvalue weighted by molar-refractivity contribution is 6.30. The monoisotopic (exact) mass is 254 g/mol. The molecule has 0 saturated carbocycles. The molecule has 2 rings (SSSR count). The average molecular weight is 255 g/mol. The summed E-state index contributed by atoms with van der Waals surface area (Å²) in [7, 11) is 0. The summed E-state index contributed by atoms with van der Waals surface area (Å²) in [6, 6.07) is 6.78. The summed E-state index contributed by atoms with van der Waals surface area (Å²) in [5.74, 6) is 0. The van der Waals surface area contributed by atoms with Crippen LogP contribution in [0.5, 0.6) is 0 Å². The fourth-order valence-electron chi connectivity index (χ4n) is 2.05. The lowest BCUT2D eigenvalue weighted by Gasteiger charge is -2.23. The van der Waals surface area contributed by atoms with Gasteiger partial charge >= 0.3 is 6.03 Å². The fourth-order valence-corrected chi connectivity index (χ4v) is 2.24. The van der Waals surface area contributed by atoms with Gasteiger partial charge in [-0.3, -0.25) is 0 Å². The van der Waals surface area contributed by atoms with E-state index >= 15 is 0 Å². The zero-order valence-electron chi connectivity index (χ0n) is 9.40. The average Bonchev–Trinajstić information content (AvgIpc) is 2.77. The number of benzene rings is 1. The molecule has 92 valence electrons. The maximum Gasteiger partial charge on any atom is 0.322 e. The van der Waals surface area contributed by atoms with Crippen molar-refractivity contribution in [2.75, 3.05) is 18.5 Å². The van der Waals surface area contributed by atoms with Crippen molar-refractivity contribution in [3.8, 4) is 0 Å². The highest BCUT2D eigenvalue weighted by atomic mass is 35.5. The molecule has 1 aliphatic heterocycles. The number of anilines is 1. The van der Waals surface area contributed by atoms with Crippen LogP contribution in [0.25, 0.3) is 0 Å². The van der Waals surface area contributed by atoms with Crippen LogP contribution in [0.1, 0.15) is 12.8 Å². The first-order chi connectivity index (χ1) is 8.20. The molecule has 0 radical (unpaired) electrons. The number of aliphatic hydroxyl groups is 1. The molecule has 0 aliphatic carbocycles. The van der Waals surface area contributed by atoms with Crippen molar-refractivity contribution in [2.24, 2.45) is 0 Å². The third-order valence-corrected chi connectivity index (χ3v) is 3.16. The lowest BCUT2D eigenvalue weighted by Crippen LogP contribution is -2.40. The number of halogens is 1. The Labute approximate surface area is 105 Å². The molecule has 1 aliphatic rings. The van der Waals surface area contributed by atoms with Crippen molar-refractivity contribution in [2.45, 2.75) is 18.9 Å². The largest absolute Gasteiger partial charge is 0.394 e. The number of rotatable bonds is 2. The van der Waals surface area contributed by atoms with Crippen LogP contribution in [0.15, 0.2) is 24.3 Å². The van der Waals surface area contributed by atoms with Gasteiger partial charge in [0.15, 0.2) is 0 Å². The second kappa shape index (κ2) is 5.38. The van der Waals surface area contributed by atoms with Gasteiger partial charge in [0.2, 0.25) is 0 Å². The normalized spacial score (nSPS) is 19.4. The van der Waals surface area contributed by atoms with Gasteiger partial charge < -0.3 is 15.3 Å². The molecule has 1 aromatic rings. The number of carbonyl (C=O) groups is 1. The predicted molar refractivity (Wildman–Crippen MR) is 67.3 cm³/mol. The minimum Gasteiger partial charge on any atom is -0.394 e. The summed E-state index contributed by atoms with van der Waals surface area (Å²) in [5, 5.41) is 12.5. The number of carbonyl (C=O) groups excluding carboxylic acids is 1. The Bertz CT molecular complexity index is 411. The van der Waals surface area contributed by atoms with Crippen LogP contribution in [0.2, 0.25) is 5.02 Å². The van der Waals surface area contributed by atoms with Gasteiger partial charge in [-0.25, -0.2) is 4.79 Å². The number of nitrogens with one attached hydrogen (secondary N) is 1. The standard InChI is InChI=1S/C12H15ClN2O2/c13-9-3-1-4-10(7-9)14-12(17)15-6-2-5-11(15)8-16/h1,3-4,7,11,16H,2,5-6,8H2,(H,14,17)/t11-/m1/s1. The number of hydrogen-bond donors (Lipinski definition) is 2. The first-order valence-electron chi connectivity index (χ1n) is 5.65. The molecule has 4 nitrogen and oxygen atoms in total. The molecule has 5 heteroatoms. The third-order valence-electron chi connectivity index (χ3n) is 2.92. The molecule has 1 fully saturated rings. The highest BCUT2D eigenvalue weighted by Gasteiger charge is 2.27. The molecule has 0 aromatic heterocycles.